The maximum atomic E-state index is 13.0. The molecule has 2 amide bonds. The predicted molar refractivity (Wildman–Crippen MR) is 271 cm³/mol. The lowest BCUT2D eigenvalue weighted by molar-refractivity contribution is -0.347. The molecule has 6 N–H and O–H groups in total. The fraction of sp³-hybridized carbons (Fsp3) is 0.771. The number of anilines is 1. The number of imidazole rings is 1. The molecule has 7 rings (SSSR count). The molecule has 0 spiro atoms. The van der Waals surface area contributed by atoms with Crippen molar-refractivity contribution in [2.45, 2.75) is 149 Å². The van der Waals surface area contributed by atoms with Crippen molar-refractivity contribution in [2.75, 3.05) is 37.8 Å². The summed E-state index contributed by atoms with van der Waals surface area (Å²) in [6.45, 7) is 9.46. The van der Waals surface area contributed by atoms with E-state index in [1.807, 2.05) is 13.0 Å². The summed E-state index contributed by atoms with van der Waals surface area (Å²) in [5.41, 5.74) is 6.00. The van der Waals surface area contributed by atoms with Crippen LogP contribution in [0.3, 0.4) is 0 Å². The van der Waals surface area contributed by atoms with E-state index in [1.165, 1.54) is 51.5 Å². The number of thioether (sulfide) groups is 1. The number of hydrogen-bond donors (Lipinski definition) is 5. The van der Waals surface area contributed by atoms with Gasteiger partial charge in [-0.3, -0.25) is 32.9 Å². The van der Waals surface area contributed by atoms with E-state index in [9.17, 15) is 62.7 Å². The van der Waals surface area contributed by atoms with Gasteiger partial charge in [0.1, 0.15) is 36.3 Å². The van der Waals surface area contributed by atoms with Gasteiger partial charge in [0.15, 0.2) is 28.6 Å². The Hall–Kier alpha value is -3.03. The number of phosphoric ester groups is 3. The Labute approximate surface area is 451 Å². The number of ether oxygens (including phenoxy) is 1. The molecule has 5 aliphatic rings. The van der Waals surface area contributed by atoms with E-state index in [4.69, 9.17) is 10.5 Å². The second-order valence-electron chi connectivity index (χ2n) is 22.7. The zero-order chi connectivity index (χ0) is 56.5. The van der Waals surface area contributed by atoms with E-state index in [0.717, 1.165) is 72.9 Å². The normalized spacial score (nSPS) is 31.2. The molecule has 25 nitrogen and oxygen atoms in total. The molecule has 4 fully saturated rings. The van der Waals surface area contributed by atoms with Crippen LogP contribution < -0.4 is 35.9 Å². The first-order chi connectivity index (χ1) is 35.9. The first-order valence-corrected chi connectivity index (χ1v) is 31.5. The van der Waals surface area contributed by atoms with Gasteiger partial charge in [0, 0.05) is 43.0 Å². The zero-order valence-electron chi connectivity index (χ0n) is 44.1. The van der Waals surface area contributed by atoms with Gasteiger partial charge in [-0.05, 0) is 97.9 Å². The number of amides is 2. The number of nitrogens with two attached hydrogens (primary N) is 1. The molecule has 3 heterocycles. The Morgan fingerprint density at radius 1 is 0.974 bits per heavy atom. The summed E-state index contributed by atoms with van der Waals surface area (Å²) >= 11 is 1.16. The van der Waals surface area contributed by atoms with Crippen LogP contribution in [-0.2, 0) is 55.5 Å². The number of rotatable bonds is 25. The standard InChI is InChI=1S/C48H76N7O18P3S/c1-27(32-12-13-33-31-11-10-29-22-30(56)14-17-47(29,5)34(31)15-18-48(32,33)6)8-7-9-28(2)45(61)77-21-20-50-36(57)16-19-51-43(60)40(59)46(3,4)24-70-76(67,68)73-75(65,66)69-23-35-39(72-74(62,63)64)38(58)44(71-35)55-26-54-37-41(49)52-25-53-42(37)55/h22,25-28,31-35,38-40,44,58-59H,7-21,23-24H2,1-6H3,(H,50,57)(H,51,60)(H,65,66)(H,67,68)(H2,49,52,53)(H2,62,63,64)/p-4/t27-,28+,31+,32-,33+,34+,35-,38-,39-,40+,44-,47+,48-/m1/s1. The van der Waals surface area contributed by atoms with E-state index >= 15 is 0 Å². The van der Waals surface area contributed by atoms with E-state index in [1.54, 1.807) is 0 Å². The van der Waals surface area contributed by atoms with Crippen molar-refractivity contribution < 1.29 is 85.3 Å². The summed E-state index contributed by atoms with van der Waals surface area (Å²) in [4.78, 5) is 111. The molecule has 0 aromatic carbocycles. The Bertz CT molecular complexity index is 2680. The van der Waals surface area contributed by atoms with Gasteiger partial charge in [0.2, 0.25) is 11.8 Å². The average Bonchev–Trinajstić information content (AvgIpc) is 4.04. The lowest BCUT2D eigenvalue weighted by Gasteiger charge is -2.58. The number of nitrogen functional groups attached to an aromatic ring is 1. The van der Waals surface area contributed by atoms with Gasteiger partial charge in [0.05, 0.1) is 27.4 Å². The number of nitrogens with zero attached hydrogens (tertiary/aromatic N) is 4. The largest absolute Gasteiger partial charge is 0.790 e. The third kappa shape index (κ3) is 14.5. The van der Waals surface area contributed by atoms with Gasteiger partial charge in [-0.25, -0.2) is 19.3 Å². The molecule has 29 heteroatoms. The molecule has 77 heavy (non-hydrogen) atoms. The quantitative estimate of drug-likeness (QED) is 0.0704. The van der Waals surface area contributed by atoms with Crippen molar-refractivity contribution in [3.63, 3.8) is 0 Å². The number of allylic oxidation sites excluding steroid dienone is 1. The highest BCUT2D eigenvalue weighted by molar-refractivity contribution is 8.13. The van der Waals surface area contributed by atoms with Crippen LogP contribution in [0.4, 0.5) is 5.82 Å². The van der Waals surface area contributed by atoms with Crippen LogP contribution in [0.5, 0.6) is 0 Å². The van der Waals surface area contributed by atoms with E-state index in [2.05, 4.69) is 64.2 Å². The van der Waals surface area contributed by atoms with Crippen LogP contribution in [0, 0.1) is 51.8 Å². The van der Waals surface area contributed by atoms with Crippen molar-refractivity contribution in [3.05, 3.63) is 24.3 Å². The Morgan fingerprint density at radius 3 is 2.43 bits per heavy atom. The number of fused-ring (bicyclic) bond motifs is 6. The first kappa shape index (κ1) is 61.6. The summed E-state index contributed by atoms with van der Waals surface area (Å²) in [7, 11) is -17.7. The molecule has 3 saturated carbocycles. The number of carbonyl (C=O) groups excluding carboxylic acids is 4. The highest BCUT2D eigenvalue weighted by Crippen LogP contribution is 2.68. The third-order valence-corrected chi connectivity index (χ3v) is 21.3. The maximum Gasteiger partial charge on any atom is 0.274 e. The van der Waals surface area contributed by atoms with Crippen molar-refractivity contribution >= 4 is 74.9 Å². The molecule has 432 valence electrons. The summed E-state index contributed by atoms with van der Waals surface area (Å²) in [6.07, 6.45) is 6.16. The molecular formula is C48H72N7O18P3S-4. The number of phosphoric acid groups is 3. The number of ketones is 1. The maximum absolute atomic E-state index is 13.0. The fourth-order valence-electron chi connectivity index (χ4n) is 13.0. The molecule has 15 atom stereocenters. The molecule has 0 radical (unpaired) electrons. The van der Waals surface area contributed by atoms with Gasteiger partial charge >= 0.3 is 0 Å². The van der Waals surface area contributed by atoms with Gasteiger partial charge in [-0.1, -0.05) is 71.7 Å². The minimum atomic E-state index is -5.94. The van der Waals surface area contributed by atoms with Gasteiger partial charge in [-0.2, -0.15) is 0 Å². The number of aliphatic hydroxyl groups excluding tert-OH is 2. The van der Waals surface area contributed by atoms with Crippen LogP contribution in [0.25, 0.3) is 11.2 Å². The second kappa shape index (κ2) is 24.6. The second-order valence-corrected chi connectivity index (χ2v) is 27.8. The Balaban J connectivity index is 0.762. The SMILES string of the molecule is C[C@H](CCC[C@H](C)C(=O)SCCNC(=O)CCNC(=O)[C@H](O)C(C)(C)COP(=O)([O-])OP(=O)([O-])OC[C@H]1O[C@@H](n2cnc3c(N)ncnc32)[C@H](O)[C@@H]1OP(=O)([O-])[O-])[C@H]1CC[C@H]2[C@@H]3CCC4=CC(=O)CC[C@]4(C)[C@H]3CC[C@]12C. The van der Waals surface area contributed by atoms with Crippen molar-refractivity contribution in [1.82, 2.24) is 30.2 Å². The number of nitrogens with one attached hydrogen (secondary N) is 2. The molecule has 1 saturated heterocycles. The lowest BCUT2D eigenvalue weighted by Crippen LogP contribution is -2.50. The number of aliphatic hydroxyl groups is 2. The van der Waals surface area contributed by atoms with E-state index in [-0.39, 0.29) is 52.9 Å². The Morgan fingerprint density at radius 2 is 1.70 bits per heavy atom. The topological polar surface area (TPSA) is 392 Å². The average molecular weight is 1160 g/mol. The first-order valence-electron chi connectivity index (χ1n) is 26.2. The van der Waals surface area contributed by atoms with Crippen LogP contribution >= 0.6 is 35.2 Å². The third-order valence-electron chi connectivity index (χ3n) is 17.1. The molecular weight excluding hydrogens is 1090 g/mol. The summed E-state index contributed by atoms with van der Waals surface area (Å²) in [6, 6.07) is 0. The number of hydrogen-bond acceptors (Lipinski definition) is 23. The molecule has 2 unspecified atom stereocenters. The van der Waals surface area contributed by atoms with Crippen LogP contribution in [0.2, 0.25) is 0 Å². The smallest absolute Gasteiger partial charge is 0.274 e. The highest BCUT2D eigenvalue weighted by Gasteiger charge is 2.59. The molecule has 1 aliphatic heterocycles. The highest BCUT2D eigenvalue weighted by atomic mass is 32.2. The predicted octanol–water partition coefficient (Wildman–Crippen LogP) is 2.73. The monoisotopic (exact) mass is 1160 g/mol. The van der Waals surface area contributed by atoms with Crippen molar-refractivity contribution in [1.29, 1.82) is 0 Å². The van der Waals surface area contributed by atoms with Crippen LogP contribution in [-0.4, -0.2) is 109 Å². The molecule has 2 aromatic heterocycles. The van der Waals surface area contributed by atoms with Gasteiger partial charge < -0.3 is 69.0 Å². The summed E-state index contributed by atoms with van der Waals surface area (Å²) in [5.74, 6) is 2.35. The molecule has 0 bridgehead atoms. The van der Waals surface area contributed by atoms with Crippen molar-refractivity contribution in [2.24, 2.45) is 51.8 Å². The van der Waals surface area contributed by atoms with E-state index < -0.39 is 84.6 Å². The molecule has 2 aromatic rings. The Kier molecular flexibility index (Phi) is 19.7. The van der Waals surface area contributed by atoms with Crippen LogP contribution in [0.1, 0.15) is 125 Å². The summed E-state index contributed by atoms with van der Waals surface area (Å²) in [5, 5.41) is 26.7. The van der Waals surface area contributed by atoms with Crippen molar-refractivity contribution in [3.8, 4) is 0 Å². The van der Waals surface area contributed by atoms with Crippen LogP contribution in [0.15, 0.2) is 24.3 Å². The van der Waals surface area contributed by atoms with Gasteiger partial charge in [0.25, 0.3) is 15.6 Å². The lowest BCUT2D eigenvalue weighted by atomic mass is 9.46. The fourth-order valence-corrected chi connectivity index (χ4v) is 16.5. The number of aromatic nitrogens is 4. The minimum Gasteiger partial charge on any atom is -0.790 e. The van der Waals surface area contributed by atoms with Gasteiger partial charge in [-0.15, -0.1) is 0 Å². The summed E-state index contributed by atoms with van der Waals surface area (Å²) < 4.78 is 61.2. The number of carbonyl (C=O) groups is 4. The van der Waals surface area contributed by atoms with E-state index in [0.29, 0.717) is 41.1 Å². The molecule has 4 aliphatic carbocycles. The minimum absolute atomic E-state index is 0.0207. The zero-order valence-corrected chi connectivity index (χ0v) is 47.6.